The second kappa shape index (κ2) is 5.28. The van der Waals surface area contributed by atoms with Crippen molar-refractivity contribution in [2.45, 2.75) is 38.3 Å². The van der Waals surface area contributed by atoms with Gasteiger partial charge in [-0.1, -0.05) is 0 Å². The molecule has 0 amide bonds. The molecule has 0 aromatic carbocycles. The minimum absolute atomic E-state index is 0.500. The van der Waals surface area contributed by atoms with Crippen LogP contribution in [0, 0.1) is 0 Å². The van der Waals surface area contributed by atoms with Crippen molar-refractivity contribution in [2.75, 3.05) is 13.2 Å². The predicted molar refractivity (Wildman–Crippen MR) is 58.7 cm³/mol. The van der Waals surface area contributed by atoms with E-state index in [0.29, 0.717) is 12.1 Å². The summed E-state index contributed by atoms with van der Waals surface area (Å²) in [6.45, 7) is 3.91. The lowest BCUT2D eigenvalue weighted by atomic mass is 9.89. The van der Waals surface area contributed by atoms with Crippen molar-refractivity contribution in [3.63, 3.8) is 0 Å². The van der Waals surface area contributed by atoms with Crippen molar-refractivity contribution in [1.29, 1.82) is 0 Å². The van der Waals surface area contributed by atoms with Gasteiger partial charge in [0, 0.05) is 37.5 Å². The molecule has 2 N–H and O–H groups in total. The van der Waals surface area contributed by atoms with Crippen LogP contribution in [-0.2, 0) is 11.2 Å². The molecule has 0 radical (unpaired) electrons. The highest BCUT2D eigenvalue weighted by Crippen LogP contribution is 2.22. The largest absolute Gasteiger partial charge is 0.378 e. The maximum absolute atomic E-state index is 5.50. The van der Waals surface area contributed by atoms with E-state index in [4.69, 9.17) is 4.74 Å². The zero-order chi connectivity index (χ0) is 10.5. The predicted octanol–water partition coefficient (Wildman–Crippen LogP) is 1.11. The molecule has 2 rings (SSSR count). The van der Waals surface area contributed by atoms with E-state index in [1.807, 2.05) is 6.20 Å². The van der Waals surface area contributed by atoms with E-state index in [9.17, 15) is 0 Å². The van der Waals surface area contributed by atoms with Gasteiger partial charge in [-0.25, -0.2) is 4.98 Å². The lowest BCUT2D eigenvalue weighted by Crippen LogP contribution is -2.46. The summed E-state index contributed by atoms with van der Waals surface area (Å²) >= 11 is 0. The summed E-state index contributed by atoms with van der Waals surface area (Å²) in [6, 6.07) is 0.657. The Morgan fingerprint density at radius 2 is 2.47 bits per heavy atom. The standard InChI is InChI=1S/C11H19N3O/c1-2-15-11-5-10(6-11)13-4-3-9-7-12-8-14-9/h7-8,10-11,13H,2-6H2,1H3,(H,12,14). The number of hydrogen-bond donors (Lipinski definition) is 2. The average molecular weight is 209 g/mol. The molecular weight excluding hydrogens is 190 g/mol. The third-order valence-corrected chi connectivity index (χ3v) is 2.88. The third kappa shape index (κ3) is 3.04. The van der Waals surface area contributed by atoms with Crippen LogP contribution >= 0.6 is 0 Å². The fourth-order valence-electron chi connectivity index (χ4n) is 1.94. The molecule has 1 aromatic rings. The molecule has 1 aliphatic rings. The van der Waals surface area contributed by atoms with Crippen molar-refractivity contribution in [3.8, 4) is 0 Å². The van der Waals surface area contributed by atoms with E-state index in [1.54, 1.807) is 6.33 Å². The van der Waals surface area contributed by atoms with E-state index in [2.05, 4.69) is 22.2 Å². The lowest BCUT2D eigenvalue weighted by molar-refractivity contribution is -0.00961. The van der Waals surface area contributed by atoms with E-state index in [-0.39, 0.29) is 0 Å². The normalized spacial score (nSPS) is 25.1. The topological polar surface area (TPSA) is 49.9 Å². The van der Waals surface area contributed by atoms with Gasteiger partial charge in [-0.15, -0.1) is 0 Å². The number of H-pyrrole nitrogens is 1. The van der Waals surface area contributed by atoms with E-state index in [0.717, 1.165) is 32.4 Å². The van der Waals surface area contributed by atoms with E-state index in [1.165, 1.54) is 5.69 Å². The van der Waals surface area contributed by atoms with Crippen LogP contribution in [0.2, 0.25) is 0 Å². The number of hydrogen-bond acceptors (Lipinski definition) is 3. The minimum Gasteiger partial charge on any atom is -0.378 e. The van der Waals surface area contributed by atoms with Crippen molar-refractivity contribution in [1.82, 2.24) is 15.3 Å². The van der Waals surface area contributed by atoms with Crippen LogP contribution in [0.3, 0.4) is 0 Å². The first kappa shape index (κ1) is 10.6. The zero-order valence-corrected chi connectivity index (χ0v) is 9.20. The summed E-state index contributed by atoms with van der Waals surface area (Å²) in [5.74, 6) is 0. The highest BCUT2D eigenvalue weighted by Gasteiger charge is 2.28. The molecule has 1 fully saturated rings. The Balaban J connectivity index is 1.53. The molecule has 1 aromatic heterocycles. The molecule has 1 aliphatic carbocycles. The monoisotopic (exact) mass is 209 g/mol. The molecule has 0 spiro atoms. The van der Waals surface area contributed by atoms with Crippen molar-refractivity contribution in [3.05, 3.63) is 18.2 Å². The molecule has 1 saturated carbocycles. The number of ether oxygens (including phenoxy) is 1. The Hall–Kier alpha value is -0.870. The Labute approximate surface area is 90.4 Å². The van der Waals surface area contributed by atoms with Gasteiger partial charge in [0.1, 0.15) is 0 Å². The Kier molecular flexibility index (Phi) is 3.75. The second-order valence-electron chi connectivity index (χ2n) is 4.03. The van der Waals surface area contributed by atoms with Gasteiger partial charge in [0.05, 0.1) is 12.4 Å². The van der Waals surface area contributed by atoms with Crippen LogP contribution in [0.5, 0.6) is 0 Å². The van der Waals surface area contributed by atoms with Crippen molar-refractivity contribution < 1.29 is 4.74 Å². The van der Waals surface area contributed by atoms with Gasteiger partial charge in [0.15, 0.2) is 0 Å². The Morgan fingerprint density at radius 1 is 1.60 bits per heavy atom. The minimum atomic E-state index is 0.500. The van der Waals surface area contributed by atoms with Crippen LogP contribution < -0.4 is 5.32 Å². The summed E-state index contributed by atoms with van der Waals surface area (Å²) < 4.78 is 5.50. The van der Waals surface area contributed by atoms with Crippen LogP contribution in [0.1, 0.15) is 25.5 Å². The maximum atomic E-state index is 5.50. The fraction of sp³-hybridized carbons (Fsp3) is 0.727. The number of aromatic amines is 1. The second-order valence-corrected chi connectivity index (χ2v) is 4.03. The SMILES string of the molecule is CCOC1CC(NCCc2cnc[nH]2)C1. The van der Waals surface area contributed by atoms with Crippen molar-refractivity contribution >= 4 is 0 Å². The summed E-state index contributed by atoms with van der Waals surface area (Å²) in [4.78, 5) is 7.09. The summed E-state index contributed by atoms with van der Waals surface area (Å²) in [5.41, 5.74) is 1.20. The number of imidazole rings is 1. The van der Waals surface area contributed by atoms with Gasteiger partial charge in [-0.2, -0.15) is 0 Å². The van der Waals surface area contributed by atoms with Gasteiger partial charge in [-0.05, 0) is 19.8 Å². The molecule has 0 aliphatic heterocycles. The van der Waals surface area contributed by atoms with Gasteiger partial charge in [0.25, 0.3) is 0 Å². The summed E-state index contributed by atoms with van der Waals surface area (Å²) in [7, 11) is 0. The fourth-order valence-corrected chi connectivity index (χ4v) is 1.94. The smallest absolute Gasteiger partial charge is 0.0921 e. The molecule has 4 nitrogen and oxygen atoms in total. The number of rotatable bonds is 6. The van der Waals surface area contributed by atoms with Crippen LogP contribution in [0.15, 0.2) is 12.5 Å². The number of aromatic nitrogens is 2. The lowest BCUT2D eigenvalue weighted by Gasteiger charge is -2.35. The molecule has 84 valence electrons. The van der Waals surface area contributed by atoms with Gasteiger partial charge >= 0.3 is 0 Å². The molecule has 0 unspecified atom stereocenters. The quantitative estimate of drug-likeness (QED) is 0.738. The Bertz CT molecular complexity index is 267. The average Bonchev–Trinajstić information content (AvgIpc) is 2.66. The van der Waals surface area contributed by atoms with E-state index >= 15 is 0 Å². The molecule has 0 atom stereocenters. The van der Waals surface area contributed by atoms with Crippen molar-refractivity contribution in [2.24, 2.45) is 0 Å². The molecule has 1 heterocycles. The highest BCUT2D eigenvalue weighted by atomic mass is 16.5. The van der Waals surface area contributed by atoms with E-state index < -0.39 is 0 Å². The molecule has 0 saturated heterocycles. The summed E-state index contributed by atoms with van der Waals surface area (Å²) in [6.07, 6.45) is 7.46. The van der Waals surface area contributed by atoms with Crippen LogP contribution in [0.4, 0.5) is 0 Å². The molecular formula is C11H19N3O. The molecule has 0 bridgehead atoms. The third-order valence-electron chi connectivity index (χ3n) is 2.88. The van der Waals surface area contributed by atoms with Crippen LogP contribution in [-0.4, -0.2) is 35.3 Å². The van der Waals surface area contributed by atoms with Gasteiger partial charge in [0.2, 0.25) is 0 Å². The molecule has 15 heavy (non-hydrogen) atoms. The molecule has 4 heteroatoms. The summed E-state index contributed by atoms with van der Waals surface area (Å²) in [5, 5.41) is 3.52. The highest BCUT2D eigenvalue weighted by molar-refractivity contribution is 4.95. The first-order valence-electron chi connectivity index (χ1n) is 5.70. The van der Waals surface area contributed by atoms with Crippen LogP contribution in [0.25, 0.3) is 0 Å². The first-order valence-corrected chi connectivity index (χ1v) is 5.70. The number of nitrogens with zero attached hydrogens (tertiary/aromatic N) is 1. The first-order chi connectivity index (χ1) is 7.38. The maximum Gasteiger partial charge on any atom is 0.0921 e. The Morgan fingerprint density at radius 3 is 3.13 bits per heavy atom. The zero-order valence-electron chi connectivity index (χ0n) is 9.20. The number of nitrogens with one attached hydrogen (secondary N) is 2. The van der Waals surface area contributed by atoms with Gasteiger partial charge < -0.3 is 15.0 Å². The van der Waals surface area contributed by atoms with Gasteiger partial charge in [-0.3, -0.25) is 0 Å².